The van der Waals surface area contributed by atoms with Crippen molar-refractivity contribution in [1.82, 2.24) is 20.2 Å². The summed E-state index contributed by atoms with van der Waals surface area (Å²) in [6.07, 6.45) is 0. The van der Waals surface area contributed by atoms with Crippen LogP contribution in [0.15, 0.2) is 32.8 Å². The summed E-state index contributed by atoms with van der Waals surface area (Å²) in [6, 6.07) is 3.34. The lowest BCUT2D eigenvalue weighted by Gasteiger charge is -2.12. The Hall–Kier alpha value is -2.17. The second-order valence-electron chi connectivity index (χ2n) is 5.39. The Kier molecular flexibility index (Phi) is 5.44. The Labute approximate surface area is 161 Å². The number of carbonyl (C=O) groups excluding carboxylic acids is 2. The maximum atomic E-state index is 12.9. The normalized spacial score (nSPS) is 12.1. The van der Waals surface area contributed by atoms with Crippen LogP contribution in [-0.4, -0.2) is 33.8 Å². The summed E-state index contributed by atoms with van der Waals surface area (Å²) in [6.45, 7) is 1.66. The van der Waals surface area contributed by atoms with Gasteiger partial charge in [-0.2, -0.15) is 0 Å². The van der Waals surface area contributed by atoms with E-state index in [0.717, 1.165) is 22.2 Å². The molecule has 0 radical (unpaired) electrons. The second-order valence-corrected chi connectivity index (χ2v) is 8.51. The Bertz CT molecular complexity index is 1020. The average Bonchev–Trinajstić information content (AvgIpc) is 3.28. The lowest BCUT2D eigenvalue weighted by Crippen LogP contribution is -2.41. The molecule has 0 unspecified atom stereocenters. The molecule has 0 aliphatic heterocycles. The molecule has 0 fully saturated rings. The first-order chi connectivity index (χ1) is 12.4. The number of rotatable bonds is 4. The number of hydrogen-bond acceptors (Lipinski definition) is 7. The minimum Gasteiger partial charge on any atom is -0.341 e. The van der Waals surface area contributed by atoms with Crippen molar-refractivity contribution in [2.75, 3.05) is 7.05 Å². The number of nitrogens with zero attached hydrogens (tertiary/aromatic N) is 2. The van der Waals surface area contributed by atoms with Gasteiger partial charge in [-0.1, -0.05) is 17.8 Å². The number of nitrogens with one attached hydrogen (secondary N) is 2. The minimum atomic E-state index is -0.584. The molecule has 2 N–H and O–H groups in total. The van der Waals surface area contributed by atoms with Gasteiger partial charge >= 0.3 is 6.03 Å². The number of thiophene rings is 2. The molecule has 10 heteroatoms. The largest absolute Gasteiger partial charge is 0.341 e. The van der Waals surface area contributed by atoms with Gasteiger partial charge in [0.1, 0.15) is 4.83 Å². The third kappa shape index (κ3) is 3.53. The van der Waals surface area contributed by atoms with E-state index < -0.39 is 17.2 Å². The van der Waals surface area contributed by atoms with Gasteiger partial charge in [0.05, 0.1) is 10.6 Å². The molecule has 3 rings (SSSR count). The van der Waals surface area contributed by atoms with Gasteiger partial charge in [0.2, 0.25) is 5.91 Å². The summed E-state index contributed by atoms with van der Waals surface area (Å²) in [5.74, 6) is -0.450. The van der Waals surface area contributed by atoms with Crippen LogP contribution in [0.25, 0.3) is 20.7 Å². The molecule has 7 nitrogen and oxygen atoms in total. The summed E-state index contributed by atoms with van der Waals surface area (Å²) in [4.78, 5) is 42.4. The van der Waals surface area contributed by atoms with E-state index in [2.05, 4.69) is 15.6 Å². The van der Waals surface area contributed by atoms with E-state index in [1.165, 1.54) is 23.0 Å². The Morgan fingerprint density at radius 2 is 2.12 bits per heavy atom. The van der Waals surface area contributed by atoms with Gasteiger partial charge < -0.3 is 5.32 Å². The third-order valence-electron chi connectivity index (χ3n) is 3.68. The van der Waals surface area contributed by atoms with E-state index in [1.807, 2.05) is 22.9 Å². The Morgan fingerprint density at radius 1 is 1.35 bits per heavy atom. The maximum Gasteiger partial charge on any atom is 0.321 e. The fourth-order valence-electron chi connectivity index (χ4n) is 2.26. The summed E-state index contributed by atoms with van der Waals surface area (Å²) >= 11 is 4.11. The van der Waals surface area contributed by atoms with Crippen LogP contribution in [0.5, 0.6) is 0 Å². The number of imide groups is 1. The molecule has 0 aliphatic rings. The first-order valence-corrected chi connectivity index (χ1v) is 10.3. The zero-order valence-corrected chi connectivity index (χ0v) is 16.7. The zero-order chi connectivity index (χ0) is 18.8. The van der Waals surface area contributed by atoms with Crippen molar-refractivity contribution in [2.45, 2.75) is 17.3 Å². The van der Waals surface area contributed by atoms with Gasteiger partial charge in [-0.15, -0.1) is 22.7 Å². The van der Waals surface area contributed by atoms with Crippen molar-refractivity contribution < 1.29 is 9.59 Å². The molecule has 0 saturated carbocycles. The van der Waals surface area contributed by atoms with Crippen LogP contribution in [0.2, 0.25) is 0 Å². The lowest BCUT2D eigenvalue weighted by atomic mass is 10.2. The molecule has 0 spiro atoms. The molecule has 0 aromatic carbocycles. The molecule has 1 atom stereocenters. The highest BCUT2D eigenvalue weighted by atomic mass is 32.2. The van der Waals surface area contributed by atoms with Crippen LogP contribution in [0.3, 0.4) is 0 Å². The molecule has 3 amide bonds. The van der Waals surface area contributed by atoms with Crippen LogP contribution in [0.4, 0.5) is 4.79 Å². The number of aromatic nitrogens is 2. The third-order valence-corrected chi connectivity index (χ3v) is 6.60. The average molecular weight is 409 g/mol. The highest BCUT2D eigenvalue weighted by Gasteiger charge is 2.21. The van der Waals surface area contributed by atoms with Crippen LogP contribution in [-0.2, 0) is 11.8 Å². The molecule has 3 aromatic rings. The quantitative estimate of drug-likeness (QED) is 0.511. The molecule has 0 bridgehead atoms. The van der Waals surface area contributed by atoms with Crippen molar-refractivity contribution in [3.05, 3.63) is 33.2 Å². The van der Waals surface area contributed by atoms with Crippen molar-refractivity contribution in [2.24, 2.45) is 7.05 Å². The molecule has 3 heterocycles. The van der Waals surface area contributed by atoms with Gasteiger partial charge in [0.25, 0.3) is 5.56 Å². The number of carbonyl (C=O) groups is 2. The highest BCUT2D eigenvalue weighted by molar-refractivity contribution is 8.00. The number of urea groups is 1. The molecular weight excluding hydrogens is 392 g/mol. The molecule has 136 valence electrons. The van der Waals surface area contributed by atoms with Gasteiger partial charge in [0.15, 0.2) is 5.16 Å². The maximum absolute atomic E-state index is 12.9. The second kappa shape index (κ2) is 7.60. The van der Waals surface area contributed by atoms with Crippen LogP contribution in [0, 0.1) is 0 Å². The standard InChI is InChI=1S/C16H16N4O3S3/c1-8(12(21)18-15(23)17-2)26-16-19-13-11(14(22)20(16)3)9(7-25-13)10-5-4-6-24-10/h4-8H,1-3H3,(H2,17,18,21,23)/t8-/m1/s1. The van der Waals surface area contributed by atoms with Crippen molar-refractivity contribution >= 4 is 56.6 Å². The van der Waals surface area contributed by atoms with Crippen molar-refractivity contribution in [1.29, 1.82) is 0 Å². The summed E-state index contributed by atoms with van der Waals surface area (Å²) in [5, 5.41) is 8.89. The van der Waals surface area contributed by atoms with Crippen molar-refractivity contribution in [3.63, 3.8) is 0 Å². The minimum absolute atomic E-state index is 0.152. The molecule has 0 saturated heterocycles. The van der Waals surface area contributed by atoms with Gasteiger partial charge in [-0.05, 0) is 18.4 Å². The molecule has 26 heavy (non-hydrogen) atoms. The predicted molar refractivity (Wildman–Crippen MR) is 106 cm³/mol. The molecule has 3 aromatic heterocycles. The summed E-state index contributed by atoms with van der Waals surface area (Å²) < 4.78 is 1.44. The van der Waals surface area contributed by atoms with Gasteiger partial charge in [-0.25, -0.2) is 9.78 Å². The van der Waals surface area contributed by atoms with Gasteiger partial charge in [0, 0.05) is 29.9 Å². The summed E-state index contributed by atoms with van der Waals surface area (Å²) in [7, 11) is 3.07. The van der Waals surface area contributed by atoms with Crippen molar-refractivity contribution in [3.8, 4) is 10.4 Å². The van der Waals surface area contributed by atoms with E-state index in [9.17, 15) is 14.4 Å². The van der Waals surface area contributed by atoms with Crippen LogP contribution in [0.1, 0.15) is 6.92 Å². The van der Waals surface area contributed by atoms with Crippen LogP contribution >= 0.6 is 34.4 Å². The fraction of sp³-hybridized carbons (Fsp3) is 0.250. The lowest BCUT2D eigenvalue weighted by molar-refractivity contribution is -0.119. The number of thioether (sulfide) groups is 1. The van der Waals surface area contributed by atoms with E-state index in [-0.39, 0.29) is 5.56 Å². The topological polar surface area (TPSA) is 93.1 Å². The monoisotopic (exact) mass is 408 g/mol. The zero-order valence-electron chi connectivity index (χ0n) is 14.2. The molecule has 0 aliphatic carbocycles. The smallest absolute Gasteiger partial charge is 0.321 e. The van der Waals surface area contributed by atoms with E-state index in [0.29, 0.717) is 15.4 Å². The Morgan fingerprint density at radius 3 is 2.77 bits per heavy atom. The number of fused-ring (bicyclic) bond motifs is 1. The number of hydrogen-bond donors (Lipinski definition) is 2. The molecular formula is C16H16N4O3S3. The Balaban J connectivity index is 1.94. The SMILES string of the molecule is CNC(=O)NC(=O)[C@@H](C)Sc1nc2scc(-c3cccs3)c2c(=O)n1C. The first kappa shape index (κ1) is 18.6. The summed E-state index contributed by atoms with van der Waals surface area (Å²) in [5.41, 5.74) is 0.733. The van der Waals surface area contributed by atoms with Gasteiger partial charge in [-0.3, -0.25) is 19.5 Å². The van der Waals surface area contributed by atoms with Crippen LogP contribution < -0.4 is 16.2 Å². The first-order valence-electron chi connectivity index (χ1n) is 7.63. The van der Waals surface area contributed by atoms with E-state index >= 15 is 0 Å². The fourth-order valence-corrected chi connectivity index (χ4v) is 4.94. The number of amides is 3. The van der Waals surface area contributed by atoms with E-state index in [4.69, 9.17) is 0 Å². The van der Waals surface area contributed by atoms with E-state index in [1.54, 1.807) is 25.3 Å². The predicted octanol–water partition coefficient (Wildman–Crippen LogP) is 2.66. The highest BCUT2D eigenvalue weighted by Crippen LogP contribution is 2.34.